The minimum atomic E-state index is -2.55. The van der Waals surface area contributed by atoms with Gasteiger partial charge in [-0.05, 0) is 38.5 Å². The van der Waals surface area contributed by atoms with E-state index in [1.165, 1.54) is 6.20 Å². The summed E-state index contributed by atoms with van der Waals surface area (Å²) >= 11 is 4.70. The fourth-order valence-corrected chi connectivity index (χ4v) is 2.16. The van der Waals surface area contributed by atoms with E-state index in [2.05, 4.69) is 20.9 Å². The Balaban J connectivity index is 3.33. The Hall–Kier alpha value is 0.0200. The third-order valence-electron chi connectivity index (χ3n) is 1.25. The van der Waals surface area contributed by atoms with Crippen molar-refractivity contribution in [3.8, 4) is 0 Å². The van der Waals surface area contributed by atoms with E-state index in [1.54, 1.807) is 22.6 Å². The highest BCUT2D eigenvalue weighted by Crippen LogP contribution is 2.32. The summed E-state index contributed by atoms with van der Waals surface area (Å²) in [6.07, 6.45) is -1.21. The number of nitrogens with zero attached hydrogens (tertiary/aromatic N) is 1. The topological polar surface area (TPSA) is 38.9 Å². The number of anilines is 1. The van der Waals surface area contributed by atoms with Gasteiger partial charge in [0.2, 0.25) is 0 Å². The molecule has 0 aromatic carbocycles. The van der Waals surface area contributed by atoms with Crippen LogP contribution in [0, 0.1) is 3.57 Å². The predicted octanol–water partition coefficient (Wildman–Crippen LogP) is 2.97. The number of hydrogen-bond acceptors (Lipinski definition) is 2. The van der Waals surface area contributed by atoms with Crippen molar-refractivity contribution >= 4 is 44.2 Å². The molecule has 1 heterocycles. The van der Waals surface area contributed by atoms with E-state index in [0.717, 1.165) is 0 Å². The maximum Gasteiger partial charge on any atom is 0.267 e. The summed E-state index contributed by atoms with van der Waals surface area (Å²) in [6, 6.07) is 0. The van der Waals surface area contributed by atoms with Gasteiger partial charge in [-0.25, -0.2) is 13.8 Å². The molecule has 66 valence electrons. The molecule has 0 aliphatic heterocycles. The number of aromatic nitrogens is 1. The zero-order chi connectivity index (χ0) is 9.30. The average Bonchev–Trinajstić information content (AvgIpc) is 1.97. The van der Waals surface area contributed by atoms with Gasteiger partial charge in [-0.1, -0.05) is 0 Å². The molecular weight excluding hydrogens is 345 g/mol. The molecule has 1 rings (SSSR count). The molecule has 0 aliphatic rings. The standard InChI is InChI=1S/C6H4BrF2IN2/c7-5-3(6(8)9)4(10)2(11)1-12-5/h1,6H,11H2. The first kappa shape index (κ1) is 10.1. The van der Waals surface area contributed by atoms with Crippen molar-refractivity contribution in [2.24, 2.45) is 0 Å². The number of nitrogen functional groups attached to an aromatic ring is 1. The summed E-state index contributed by atoms with van der Waals surface area (Å²) in [4.78, 5) is 3.67. The van der Waals surface area contributed by atoms with Gasteiger partial charge in [0.05, 0.1) is 17.4 Å². The van der Waals surface area contributed by atoms with E-state index in [1.807, 2.05) is 0 Å². The van der Waals surface area contributed by atoms with Crippen LogP contribution < -0.4 is 5.73 Å². The number of nitrogens with two attached hydrogens (primary N) is 1. The molecule has 2 N–H and O–H groups in total. The summed E-state index contributed by atoms with van der Waals surface area (Å²) < 4.78 is 25.2. The van der Waals surface area contributed by atoms with Gasteiger partial charge in [-0.2, -0.15) is 0 Å². The van der Waals surface area contributed by atoms with E-state index in [-0.39, 0.29) is 15.9 Å². The van der Waals surface area contributed by atoms with Gasteiger partial charge in [0.1, 0.15) is 4.60 Å². The first-order valence-corrected chi connectivity index (χ1v) is 4.78. The van der Waals surface area contributed by atoms with Gasteiger partial charge in [0, 0.05) is 3.57 Å². The Morgan fingerprint density at radius 2 is 2.17 bits per heavy atom. The highest BCUT2D eigenvalue weighted by molar-refractivity contribution is 14.1. The third-order valence-corrected chi connectivity index (χ3v) is 3.08. The van der Waals surface area contributed by atoms with E-state index in [9.17, 15) is 8.78 Å². The van der Waals surface area contributed by atoms with E-state index in [0.29, 0.717) is 3.57 Å². The summed E-state index contributed by atoms with van der Waals surface area (Å²) in [6.45, 7) is 0. The molecule has 0 radical (unpaired) electrons. The first-order valence-electron chi connectivity index (χ1n) is 2.91. The molecule has 0 atom stereocenters. The lowest BCUT2D eigenvalue weighted by molar-refractivity contribution is 0.149. The monoisotopic (exact) mass is 348 g/mol. The SMILES string of the molecule is Nc1cnc(Br)c(C(F)F)c1I. The maximum atomic E-state index is 12.3. The molecule has 0 saturated carbocycles. The van der Waals surface area contributed by atoms with Crippen molar-refractivity contribution < 1.29 is 8.78 Å². The Morgan fingerprint density at radius 3 is 2.58 bits per heavy atom. The molecule has 6 heteroatoms. The van der Waals surface area contributed by atoms with Gasteiger partial charge in [0.15, 0.2) is 0 Å². The van der Waals surface area contributed by atoms with Gasteiger partial charge in [0.25, 0.3) is 6.43 Å². The predicted molar refractivity (Wildman–Crippen MR) is 54.0 cm³/mol. The molecule has 1 aromatic rings. The summed E-state index contributed by atoms with van der Waals surface area (Å²) in [7, 11) is 0. The van der Waals surface area contributed by atoms with Crippen LogP contribution in [0.5, 0.6) is 0 Å². The Labute approximate surface area is 89.8 Å². The average molecular weight is 349 g/mol. The molecule has 2 nitrogen and oxygen atoms in total. The van der Waals surface area contributed by atoms with Crippen molar-refractivity contribution in [3.05, 3.63) is 19.9 Å². The van der Waals surface area contributed by atoms with Gasteiger partial charge >= 0.3 is 0 Å². The van der Waals surface area contributed by atoms with Crippen molar-refractivity contribution in [2.45, 2.75) is 6.43 Å². The van der Waals surface area contributed by atoms with Crippen LogP contribution in [-0.4, -0.2) is 4.98 Å². The largest absolute Gasteiger partial charge is 0.397 e. The van der Waals surface area contributed by atoms with Gasteiger partial charge < -0.3 is 5.73 Å². The first-order chi connectivity index (χ1) is 5.54. The number of pyridine rings is 1. The molecule has 0 spiro atoms. The minimum absolute atomic E-state index is 0.143. The van der Waals surface area contributed by atoms with E-state index >= 15 is 0 Å². The highest BCUT2D eigenvalue weighted by Gasteiger charge is 2.18. The van der Waals surface area contributed by atoms with Crippen LogP contribution in [-0.2, 0) is 0 Å². The number of hydrogen-bond donors (Lipinski definition) is 1. The van der Waals surface area contributed by atoms with Gasteiger partial charge in [-0.15, -0.1) is 0 Å². The Morgan fingerprint density at radius 1 is 1.58 bits per heavy atom. The molecule has 0 fully saturated rings. The number of halogens is 4. The highest BCUT2D eigenvalue weighted by atomic mass is 127. The minimum Gasteiger partial charge on any atom is -0.397 e. The third kappa shape index (κ3) is 1.85. The second kappa shape index (κ2) is 3.82. The molecule has 0 aliphatic carbocycles. The molecule has 0 saturated heterocycles. The van der Waals surface area contributed by atoms with Crippen LogP contribution in [0.15, 0.2) is 10.8 Å². The number of alkyl halides is 2. The zero-order valence-electron chi connectivity index (χ0n) is 5.69. The molecule has 0 amide bonds. The summed E-state index contributed by atoms with van der Waals surface area (Å²) in [5.41, 5.74) is 5.53. The van der Waals surface area contributed by atoms with Crippen molar-refractivity contribution in [1.29, 1.82) is 0 Å². The summed E-state index contributed by atoms with van der Waals surface area (Å²) in [5, 5.41) is 0. The second-order valence-corrected chi connectivity index (χ2v) is 3.86. The second-order valence-electron chi connectivity index (χ2n) is 2.03. The Bertz CT molecular complexity index is 306. The van der Waals surface area contributed by atoms with Crippen LogP contribution in [0.1, 0.15) is 12.0 Å². The lowest BCUT2D eigenvalue weighted by atomic mass is 10.3. The zero-order valence-corrected chi connectivity index (χ0v) is 9.43. The lowest BCUT2D eigenvalue weighted by Gasteiger charge is -2.06. The summed E-state index contributed by atoms with van der Waals surface area (Å²) in [5.74, 6) is 0. The fraction of sp³-hybridized carbons (Fsp3) is 0.167. The van der Waals surface area contributed by atoms with Crippen molar-refractivity contribution in [1.82, 2.24) is 4.98 Å². The van der Waals surface area contributed by atoms with Crippen LogP contribution in [0.4, 0.5) is 14.5 Å². The maximum absolute atomic E-state index is 12.3. The molecule has 0 bridgehead atoms. The quantitative estimate of drug-likeness (QED) is 0.626. The van der Waals surface area contributed by atoms with Crippen LogP contribution in [0.2, 0.25) is 0 Å². The van der Waals surface area contributed by atoms with Crippen LogP contribution in [0.3, 0.4) is 0 Å². The number of rotatable bonds is 1. The van der Waals surface area contributed by atoms with Crippen molar-refractivity contribution in [2.75, 3.05) is 5.73 Å². The van der Waals surface area contributed by atoms with Crippen LogP contribution >= 0.6 is 38.5 Å². The van der Waals surface area contributed by atoms with E-state index in [4.69, 9.17) is 5.73 Å². The molecular formula is C6H4BrF2IN2. The van der Waals surface area contributed by atoms with E-state index < -0.39 is 6.43 Å². The smallest absolute Gasteiger partial charge is 0.267 e. The molecule has 12 heavy (non-hydrogen) atoms. The fourth-order valence-electron chi connectivity index (χ4n) is 0.684. The van der Waals surface area contributed by atoms with Crippen LogP contribution in [0.25, 0.3) is 0 Å². The van der Waals surface area contributed by atoms with Crippen molar-refractivity contribution in [3.63, 3.8) is 0 Å². The molecule has 0 unspecified atom stereocenters. The normalized spacial score (nSPS) is 10.8. The molecule has 1 aromatic heterocycles. The lowest BCUT2D eigenvalue weighted by Crippen LogP contribution is -1.99. The Kier molecular flexibility index (Phi) is 3.22. The van der Waals surface area contributed by atoms with Gasteiger partial charge in [-0.3, -0.25) is 0 Å².